The summed E-state index contributed by atoms with van der Waals surface area (Å²) in [6.45, 7) is 10.4. The summed E-state index contributed by atoms with van der Waals surface area (Å²) < 4.78 is 5.65. The molecule has 0 saturated heterocycles. The maximum absolute atomic E-state index is 5.65. The summed E-state index contributed by atoms with van der Waals surface area (Å²) in [6, 6.07) is 0.978. The molecule has 1 aliphatic rings. The van der Waals surface area contributed by atoms with E-state index in [-0.39, 0.29) is 0 Å². The predicted octanol–water partition coefficient (Wildman–Crippen LogP) is 3.59. The third-order valence-corrected chi connectivity index (χ3v) is 4.25. The third-order valence-electron chi connectivity index (χ3n) is 4.25. The van der Waals surface area contributed by atoms with Gasteiger partial charge in [0.1, 0.15) is 0 Å². The molecule has 21 heavy (non-hydrogen) atoms. The van der Waals surface area contributed by atoms with E-state index in [0.29, 0.717) is 29.9 Å². The lowest BCUT2D eigenvalue weighted by Crippen LogP contribution is -2.28. The molecule has 1 aliphatic carbocycles. The molecule has 2 rings (SSSR count). The van der Waals surface area contributed by atoms with Crippen LogP contribution in [-0.2, 0) is 6.54 Å². The summed E-state index contributed by atoms with van der Waals surface area (Å²) in [5.74, 6) is 1.38. The van der Waals surface area contributed by atoms with Crippen LogP contribution in [0.2, 0.25) is 0 Å². The molecule has 0 atom stereocenters. The van der Waals surface area contributed by atoms with Gasteiger partial charge in [0, 0.05) is 12.6 Å². The molecule has 1 saturated carbocycles. The summed E-state index contributed by atoms with van der Waals surface area (Å²) in [5.41, 5.74) is 0.416. The molecule has 2 N–H and O–H groups in total. The predicted molar refractivity (Wildman–Crippen MR) is 85.1 cm³/mol. The first kappa shape index (κ1) is 16.3. The van der Waals surface area contributed by atoms with Gasteiger partial charge >= 0.3 is 6.01 Å². The van der Waals surface area contributed by atoms with Crippen LogP contribution in [-0.4, -0.2) is 22.8 Å². The molecule has 5 nitrogen and oxygen atoms in total. The maximum atomic E-state index is 5.65. The molecule has 1 aromatic heterocycles. The van der Waals surface area contributed by atoms with E-state index < -0.39 is 0 Å². The lowest BCUT2D eigenvalue weighted by molar-refractivity contribution is 0.250. The van der Waals surface area contributed by atoms with E-state index in [4.69, 9.17) is 4.42 Å². The molecule has 0 spiro atoms. The first-order valence-corrected chi connectivity index (χ1v) is 8.29. The molecule has 120 valence electrons. The van der Waals surface area contributed by atoms with Gasteiger partial charge in [-0.05, 0) is 30.6 Å². The Morgan fingerprint density at radius 2 is 1.86 bits per heavy atom. The number of nitrogens with one attached hydrogen (secondary N) is 2. The molecule has 0 aliphatic heterocycles. The Morgan fingerprint density at radius 3 is 2.48 bits per heavy atom. The minimum atomic E-state index is 0.416. The summed E-state index contributed by atoms with van der Waals surface area (Å²) in [4.78, 5) is 0. The highest BCUT2D eigenvalue weighted by Gasteiger charge is 2.34. The largest absolute Gasteiger partial charge is 0.407 e. The van der Waals surface area contributed by atoms with Gasteiger partial charge in [0.15, 0.2) is 0 Å². The fourth-order valence-corrected chi connectivity index (χ4v) is 3.40. The maximum Gasteiger partial charge on any atom is 0.315 e. The van der Waals surface area contributed by atoms with Crippen LogP contribution in [0.4, 0.5) is 6.01 Å². The van der Waals surface area contributed by atoms with Crippen LogP contribution < -0.4 is 10.6 Å². The lowest BCUT2D eigenvalue weighted by Gasteiger charge is -2.30. The zero-order valence-electron chi connectivity index (χ0n) is 13.9. The van der Waals surface area contributed by atoms with Crippen molar-refractivity contribution in [3.8, 4) is 0 Å². The van der Waals surface area contributed by atoms with Crippen LogP contribution in [0.25, 0.3) is 0 Å². The Bertz CT molecular complexity index is 422. The molecule has 0 amide bonds. The highest BCUT2D eigenvalue weighted by molar-refractivity contribution is 5.18. The standard InChI is InChI=1S/C16H30N4O/c1-12(2)9-16(7-5-6-8-16)11-18-15-20-19-14(21-15)10-17-13(3)4/h12-13,17H,5-11H2,1-4H3,(H,18,20). The van der Waals surface area contributed by atoms with E-state index in [1.165, 1.54) is 32.1 Å². The monoisotopic (exact) mass is 294 g/mol. The normalized spacial score (nSPS) is 17.8. The summed E-state index contributed by atoms with van der Waals surface area (Å²) >= 11 is 0. The van der Waals surface area contributed by atoms with E-state index in [9.17, 15) is 0 Å². The molecule has 0 aromatic carbocycles. The highest BCUT2D eigenvalue weighted by Crippen LogP contribution is 2.43. The van der Waals surface area contributed by atoms with Gasteiger partial charge in [-0.25, -0.2) is 0 Å². The van der Waals surface area contributed by atoms with E-state index in [2.05, 4.69) is 48.5 Å². The first-order valence-electron chi connectivity index (χ1n) is 8.29. The number of hydrogen-bond acceptors (Lipinski definition) is 5. The molecule has 1 aromatic rings. The second kappa shape index (κ2) is 7.25. The van der Waals surface area contributed by atoms with Crippen LogP contribution in [0.3, 0.4) is 0 Å². The quantitative estimate of drug-likeness (QED) is 0.767. The van der Waals surface area contributed by atoms with Crippen molar-refractivity contribution in [2.75, 3.05) is 11.9 Å². The summed E-state index contributed by atoms with van der Waals surface area (Å²) in [6.07, 6.45) is 6.60. The van der Waals surface area contributed by atoms with Gasteiger partial charge in [0.2, 0.25) is 5.89 Å². The summed E-state index contributed by atoms with van der Waals surface area (Å²) in [5, 5.41) is 14.8. The Balaban J connectivity index is 1.86. The van der Waals surface area contributed by atoms with Gasteiger partial charge in [-0.1, -0.05) is 45.6 Å². The fraction of sp³-hybridized carbons (Fsp3) is 0.875. The topological polar surface area (TPSA) is 63.0 Å². The molecular formula is C16H30N4O. The van der Waals surface area contributed by atoms with Crippen molar-refractivity contribution < 1.29 is 4.42 Å². The number of hydrogen-bond donors (Lipinski definition) is 2. The Hall–Kier alpha value is -1.10. The van der Waals surface area contributed by atoms with Crippen molar-refractivity contribution in [2.24, 2.45) is 11.3 Å². The van der Waals surface area contributed by atoms with E-state index in [1.807, 2.05) is 0 Å². The molecule has 1 heterocycles. The van der Waals surface area contributed by atoms with Crippen molar-refractivity contribution in [3.05, 3.63) is 5.89 Å². The van der Waals surface area contributed by atoms with Crippen LogP contribution in [0, 0.1) is 11.3 Å². The van der Waals surface area contributed by atoms with Crippen molar-refractivity contribution in [1.82, 2.24) is 15.5 Å². The number of nitrogens with zero attached hydrogens (tertiary/aromatic N) is 2. The van der Waals surface area contributed by atoms with Crippen molar-refractivity contribution >= 4 is 6.01 Å². The number of aromatic nitrogens is 2. The fourth-order valence-electron chi connectivity index (χ4n) is 3.40. The first-order chi connectivity index (χ1) is 9.99. The average Bonchev–Trinajstić information content (AvgIpc) is 3.03. The van der Waals surface area contributed by atoms with Crippen molar-refractivity contribution in [1.29, 1.82) is 0 Å². The molecule has 1 fully saturated rings. The second-order valence-electron chi connectivity index (χ2n) is 7.20. The van der Waals surface area contributed by atoms with Crippen LogP contribution in [0.5, 0.6) is 0 Å². The third kappa shape index (κ3) is 4.99. The van der Waals surface area contributed by atoms with Crippen molar-refractivity contribution in [3.63, 3.8) is 0 Å². The van der Waals surface area contributed by atoms with Gasteiger partial charge in [-0.2, -0.15) is 0 Å². The lowest BCUT2D eigenvalue weighted by atomic mass is 9.78. The van der Waals surface area contributed by atoms with E-state index in [0.717, 1.165) is 12.5 Å². The Kier molecular flexibility index (Phi) is 5.62. The van der Waals surface area contributed by atoms with Crippen molar-refractivity contribution in [2.45, 2.75) is 72.4 Å². The minimum absolute atomic E-state index is 0.416. The SMILES string of the molecule is CC(C)CC1(CNc2nnc(CNC(C)C)o2)CCCC1. The summed E-state index contributed by atoms with van der Waals surface area (Å²) in [7, 11) is 0. The van der Waals surface area contributed by atoms with Crippen LogP contribution >= 0.6 is 0 Å². The zero-order valence-corrected chi connectivity index (χ0v) is 13.9. The van der Waals surface area contributed by atoms with Crippen LogP contribution in [0.1, 0.15) is 65.7 Å². The van der Waals surface area contributed by atoms with E-state index >= 15 is 0 Å². The molecular weight excluding hydrogens is 264 g/mol. The Morgan fingerprint density at radius 1 is 1.14 bits per heavy atom. The number of anilines is 1. The molecule has 0 bridgehead atoms. The zero-order chi connectivity index (χ0) is 15.3. The van der Waals surface area contributed by atoms with Crippen LogP contribution in [0.15, 0.2) is 4.42 Å². The minimum Gasteiger partial charge on any atom is -0.407 e. The van der Waals surface area contributed by atoms with Gasteiger partial charge in [0.25, 0.3) is 0 Å². The van der Waals surface area contributed by atoms with Gasteiger partial charge in [-0.3, -0.25) is 0 Å². The molecule has 0 radical (unpaired) electrons. The Labute approximate surface area is 128 Å². The molecule has 5 heteroatoms. The van der Waals surface area contributed by atoms with Gasteiger partial charge < -0.3 is 15.1 Å². The molecule has 0 unspecified atom stereocenters. The average molecular weight is 294 g/mol. The number of rotatable bonds is 8. The van der Waals surface area contributed by atoms with Gasteiger partial charge in [0.05, 0.1) is 6.54 Å². The second-order valence-corrected chi connectivity index (χ2v) is 7.20. The highest BCUT2D eigenvalue weighted by atomic mass is 16.4. The smallest absolute Gasteiger partial charge is 0.315 e. The van der Waals surface area contributed by atoms with E-state index in [1.54, 1.807) is 0 Å². The van der Waals surface area contributed by atoms with Gasteiger partial charge in [-0.15, -0.1) is 5.10 Å².